The van der Waals surface area contributed by atoms with Crippen molar-refractivity contribution in [2.45, 2.75) is 52.3 Å². The molecule has 0 unspecified atom stereocenters. The molecule has 0 saturated heterocycles. The number of rotatable bonds is 4. The van der Waals surface area contributed by atoms with Crippen LogP contribution < -0.4 is 4.74 Å². The molecule has 0 bridgehead atoms. The summed E-state index contributed by atoms with van der Waals surface area (Å²) in [5, 5.41) is 8.48. The maximum absolute atomic E-state index is 12.8. The van der Waals surface area contributed by atoms with E-state index in [1.54, 1.807) is 18.5 Å². The van der Waals surface area contributed by atoms with E-state index in [1.165, 1.54) is 0 Å². The smallest absolute Gasteiger partial charge is 0.316 e. The van der Waals surface area contributed by atoms with Crippen LogP contribution in [0.25, 0.3) is 0 Å². The number of aromatic nitrogens is 5. The Morgan fingerprint density at radius 3 is 2.69 bits per heavy atom. The first kappa shape index (κ1) is 16.9. The zero-order valence-electron chi connectivity index (χ0n) is 15.0. The van der Waals surface area contributed by atoms with Gasteiger partial charge in [0.1, 0.15) is 0 Å². The molecule has 3 heterocycles. The Labute approximate surface area is 152 Å². The highest BCUT2D eigenvalue weighted by Crippen LogP contribution is 2.30. The van der Waals surface area contributed by atoms with E-state index in [1.807, 2.05) is 9.47 Å². The average molecular weight is 356 g/mol. The molecular weight excluding hydrogens is 332 g/mol. The summed E-state index contributed by atoms with van der Waals surface area (Å²) in [7, 11) is 0. The van der Waals surface area contributed by atoms with Gasteiger partial charge in [0.25, 0.3) is 0 Å². The van der Waals surface area contributed by atoms with Gasteiger partial charge in [-0.3, -0.25) is 4.79 Å². The molecule has 2 aromatic heterocycles. The molecule has 2 aromatic rings. The molecule has 0 aromatic carbocycles. The van der Waals surface area contributed by atoms with E-state index < -0.39 is 0 Å². The molecule has 1 saturated carbocycles. The monoisotopic (exact) mass is 356 g/mol. The normalized spacial score (nSPS) is 22.7. The number of amides is 1. The molecule has 0 radical (unpaired) electrons. The van der Waals surface area contributed by atoms with Crippen LogP contribution in [-0.4, -0.2) is 42.1 Å². The molecule has 4 rings (SSSR count). The minimum absolute atomic E-state index is 0.179. The Balaban J connectivity index is 1.37. The van der Waals surface area contributed by atoms with E-state index in [-0.39, 0.29) is 18.4 Å². The maximum atomic E-state index is 12.8. The van der Waals surface area contributed by atoms with Crippen molar-refractivity contribution in [3.63, 3.8) is 0 Å². The van der Waals surface area contributed by atoms with Gasteiger partial charge in [0.15, 0.2) is 18.3 Å². The second-order valence-corrected chi connectivity index (χ2v) is 7.22. The van der Waals surface area contributed by atoms with Crippen LogP contribution in [0.3, 0.4) is 0 Å². The van der Waals surface area contributed by atoms with Gasteiger partial charge in [0.05, 0.1) is 6.54 Å². The third-order valence-electron chi connectivity index (χ3n) is 5.38. The Hall–Kier alpha value is -2.51. The fourth-order valence-electron chi connectivity index (χ4n) is 3.77. The third kappa shape index (κ3) is 3.54. The lowest BCUT2D eigenvalue weighted by Crippen LogP contribution is -2.42. The third-order valence-corrected chi connectivity index (χ3v) is 5.38. The second kappa shape index (κ2) is 7.39. The molecular formula is C18H24N6O2. The van der Waals surface area contributed by atoms with Crippen molar-refractivity contribution in [2.24, 2.45) is 11.8 Å². The van der Waals surface area contributed by atoms with Crippen LogP contribution in [-0.2, 0) is 24.5 Å². The summed E-state index contributed by atoms with van der Waals surface area (Å²) in [6, 6.07) is 2.06. The fourth-order valence-corrected chi connectivity index (χ4v) is 3.77. The number of hydrogen-bond donors (Lipinski definition) is 0. The van der Waals surface area contributed by atoms with Crippen LogP contribution in [0.4, 0.5) is 0 Å². The van der Waals surface area contributed by atoms with Crippen molar-refractivity contribution in [3.8, 4) is 6.01 Å². The second-order valence-electron chi connectivity index (χ2n) is 7.22. The molecule has 1 aliphatic heterocycles. The van der Waals surface area contributed by atoms with Crippen LogP contribution in [0, 0.1) is 11.8 Å². The van der Waals surface area contributed by atoms with Crippen LogP contribution in [0.2, 0.25) is 0 Å². The van der Waals surface area contributed by atoms with Gasteiger partial charge in [0.2, 0.25) is 5.91 Å². The molecule has 1 fully saturated rings. The minimum atomic E-state index is 0.179. The fraction of sp³-hybridized carbons (Fsp3) is 0.611. The highest BCUT2D eigenvalue weighted by molar-refractivity contribution is 5.79. The quantitative estimate of drug-likeness (QED) is 0.830. The lowest BCUT2D eigenvalue weighted by atomic mass is 9.82. The van der Waals surface area contributed by atoms with Crippen LogP contribution in [0.5, 0.6) is 6.01 Å². The highest BCUT2D eigenvalue weighted by Gasteiger charge is 2.31. The zero-order valence-corrected chi connectivity index (χ0v) is 15.0. The van der Waals surface area contributed by atoms with Crippen molar-refractivity contribution in [2.75, 3.05) is 6.54 Å². The van der Waals surface area contributed by atoms with E-state index in [2.05, 4.69) is 27.1 Å². The molecule has 26 heavy (non-hydrogen) atoms. The molecule has 2 aliphatic rings. The Morgan fingerprint density at radius 1 is 1.15 bits per heavy atom. The molecule has 8 nitrogen and oxygen atoms in total. The number of nitrogens with zero attached hydrogens (tertiary/aromatic N) is 6. The molecule has 1 aliphatic carbocycles. The predicted octanol–water partition coefficient (Wildman–Crippen LogP) is 1.82. The maximum Gasteiger partial charge on any atom is 0.316 e. The van der Waals surface area contributed by atoms with Crippen LogP contribution in [0.15, 0.2) is 18.5 Å². The summed E-state index contributed by atoms with van der Waals surface area (Å²) >= 11 is 0. The lowest BCUT2D eigenvalue weighted by molar-refractivity contribution is -0.138. The van der Waals surface area contributed by atoms with Crippen molar-refractivity contribution < 1.29 is 9.53 Å². The highest BCUT2D eigenvalue weighted by atomic mass is 16.5. The predicted molar refractivity (Wildman–Crippen MR) is 92.9 cm³/mol. The summed E-state index contributed by atoms with van der Waals surface area (Å²) < 4.78 is 7.61. The van der Waals surface area contributed by atoms with Crippen LogP contribution in [0.1, 0.15) is 44.3 Å². The van der Waals surface area contributed by atoms with Gasteiger partial charge in [-0.1, -0.05) is 6.92 Å². The van der Waals surface area contributed by atoms with Gasteiger partial charge in [-0.05, 0) is 37.7 Å². The van der Waals surface area contributed by atoms with Gasteiger partial charge < -0.3 is 14.2 Å². The first-order valence-corrected chi connectivity index (χ1v) is 9.30. The molecule has 0 spiro atoms. The molecule has 0 N–H and O–H groups in total. The summed E-state index contributed by atoms with van der Waals surface area (Å²) in [6.07, 6.45) is 7.61. The first-order chi connectivity index (χ1) is 12.7. The molecule has 8 heteroatoms. The van der Waals surface area contributed by atoms with Gasteiger partial charge in [0, 0.05) is 31.4 Å². The number of ether oxygens (including phenoxy) is 1. The van der Waals surface area contributed by atoms with Gasteiger partial charge in [-0.25, -0.2) is 9.97 Å². The topological polar surface area (TPSA) is 86.0 Å². The Bertz CT molecular complexity index is 754. The van der Waals surface area contributed by atoms with Crippen LogP contribution >= 0.6 is 0 Å². The van der Waals surface area contributed by atoms with Gasteiger partial charge in [-0.15, -0.1) is 10.2 Å². The number of fused-ring (bicyclic) bond motifs is 1. The molecule has 138 valence electrons. The standard InChI is InChI=1S/C18H24N6O2/c1-13-3-5-14(6-4-13)17(25)23-9-10-24-15(11-23)21-22-16(24)12-26-18-19-7-2-8-20-18/h2,7-8,13-14H,3-6,9-12H2,1H3. The summed E-state index contributed by atoms with van der Waals surface area (Å²) in [5.41, 5.74) is 0. The van der Waals surface area contributed by atoms with Gasteiger partial charge >= 0.3 is 6.01 Å². The number of carbonyl (C=O) groups is 1. The Morgan fingerprint density at radius 2 is 1.92 bits per heavy atom. The molecule has 1 amide bonds. The summed E-state index contributed by atoms with van der Waals surface area (Å²) in [5.74, 6) is 2.77. The van der Waals surface area contributed by atoms with E-state index >= 15 is 0 Å². The Kier molecular flexibility index (Phi) is 4.81. The van der Waals surface area contributed by atoms with E-state index in [0.717, 1.165) is 43.3 Å². The van der Waals surface area contributed by atoms with Crippen molar-refractivity contribution in [1.29, 1.82) is 0 Å². The van der Waals surface area contributed by atoms with E-state index in [9.17, 15) is 4.79 Å². The molecule has 0 atom stereocenters. The summed E-state index contributed by atoms with van der Waals surface area (Å²) in [6.45, 7) is 4.47. The SMILES string of the molecule is CC1CCC(C(=O)N2CCn3c(COc4ncccn4)nnc3C2)CC1. The zero-order chi connectivity index (χ0) is 17.9. The first-order valence-electron chi connectivity index (χ1n) is 9.30. The number of carbonyl (C=O) groups excluding carboxylic acids is 1. The average Bonchev–Trinajstić information content (AvgIpc) is 3.09. The van der Waals surface area contributed by atoms with Crippen molar-refractivity contribution >= 4 is 5.91 Å². The van der Waals surface area contributed by atoms with Crippen molar-refractivity contribution in [1.82, 2.24) is 29.6 Å². The minimum Gasteiger partial charge on any atom is -0.455 e. The summed E-state index contributed by atoms with van der Waals surface area (Å²) in [4.78, 5) is 22.8. The van der Waals surface area contributed by atoms with E-state index in [0.29, 0.717) is 25.6 Å². The largest absolute Gasteiger partial charge is 0.455 e. The van der Waals surface area contributed by atoms with Crippen molar-refractivity contribution in [3.05, 3.63) is 30.1 Å². The van der Waals surface area contributed by atoms with Gasteiger partial charge in [-0.2, -0.15) is 0 Å². The number of hydrogen-bond acceptors (Lipinski definition) is 6. The van der Waals surface area contributed by atoms with E-state index in [4.69, 9.17) is 4.74 Å². The lowest BCUT2D eigenvalue weighted by Gasteiger charge is -2.33.